The summed E-state index contributed by atoms with van der Waals surface area (Å²) in [5.41, 5.74) is 4.11. The van der Waals surface area contributed by atoms with Gasteiger partial charge in [-0.05, 0) is 60.9 Å². The first kappa shape index (κ1) is 10.0. The average Bonchev–Trinajstić information content (AvgIpc) is 2.72. The molecule has 2 nitrogen and oxygen atoms in total. The predicted molar refractivity (Wildman–Crippen MR) is 66.0 cm³/mol. The number of aryl methyl sites for hydroxylation is 1. The van der Waals surface area contributed by atoms with Crippen molar-refractivity contribution in [1.29, 1.82) is 0 Å². The number of allylic oxidation sites excluding steroid dienone is 1. The van der Waals surface area contributed by atoms with Crippen molar-refractivity contribution in [3.05, 3.63) is 35.7 Å². The Labute approximate surface area is 96.8 Å². The molecule has 2 heterocycles. The normalized spacial score (nSPS) is 28.7. The van der Waals surface area contributed by atoms with Crippen molar-refractivity contribution >= 4 is 5.57 Å². The highest BCUT2D eigenvalue weighted by atomic mass is 14.9. The molecule has 3 rings (SSSR count). The molecule has 84 valence electrons. The molecule has 0 saturated carbocycles. The number of piperidine rings is 1. The van der Waals surface area contributed by atoms with Crippen LogP contribution in [0.5, 0.6) is 0 Å². The van der Waals surface area contributed by atoms with Crippen LogP contribution >= 0.6 is 0 Å². The third-order valence-electron chi connectivity index (χ3n) is 3.87. The minimum absolute atomic E-state index is 0.720. The lowest BCUT2D eigenvalue weighted by atomic mass is 9.84. The van der Waals surface area contributed by atoms with Gasteiger partial charge in [-0.1, -0.05) is 6.08 Å². The molecule has 2 heteroatoms. The third-order valence-corrected chi connectivity index (χ3v) is 3.87. The van der Waals surface area contributed by atoms with E-state index in [1.165, 1.54) is 36.1 Å². The predicted octanol–water partition coefficient (Wildman–Crippen LogP) is 2.40. The van der Waals surface area contributed by atoms with Gasteiger partial charge in [0, 0.05) is 18.9 Å². The summed E-state index contributed by atoms with van der Waals surface area (Å²) in [7, 11) is 0. The maximum Gasteiger partial charge on any atom is 0.0343 e. The van der Waals surface area contributed by atoms with Crippen molar-refractivity contribution in [3.63, 3.8) is 0 Å². The van der Waals surface area contributed by atoms with Crippen LogP contribution in [0.2, 0.25) is 0 Å². The van der Waals surface area contributed by atoms with Crippen LogP contribution in [0, 0.1) is 18.8 Å². The van der Waals surface area contributed by atoms with Crippen LogP contribution in [-0.4, -0.2) is 18.1 Å². The van der Waals surface area contributed by atoms with Gasteiger partial charge >= 0.3 is 0 Å². The molecule has 1 aromatic heterocycles. The number of nitrogens with zero attached hydrogens (tertiary/aromatic N) is 1. The number of pyridine rings is 1. The smallest absolute Gasteiger partial charge is 0.0343 e. The van der Waals surface area contributed by atoms with Gasteiger partial charge in [0.25, 0.3) is 0 Å². The lowest BCUT2D eigenvalue weighted by Gasteiger charge is -2.28. The van der Waals surface area contributed by atoms with Crippen molar-refractivity contribution < 1.29 is 0 Å². The van der Waals surface area contributed by atoms with Crippen LogP contribution < -0.4 is 5.32 Å². The number of nitrogens with one attached hydrogen (secondary N) is 1. The molecule has 0 bridgehead atoms. The summed E-state index contributed by atoms with van der Waals surface area (Å²) in [6, 6.07) is 2.26. The van der Waals surface area contributed by atoms with Gasteiger partial charge in [0.1, 0.15) is 0 Å². The highest BCUT2D eigenvalue weighted by molar-refractivity contribution is 5.69. The molecule has 1 fully saturated rings. The fraction of sp³-hybridized carbons (Fsp3) is 0.500. The molecule has 1 aliphatic heterocycles. The lowest BCUT2D eigenvalue weighted by Crippen LogP contribution is -2.34. The van der Waals surface area contributed by atoms with Crippen molar-refractivity contribution in [2.75, 3.05) is 13.1 Å². The fourth-order valence-corrected chi connectivity index (χ4v) is 3.03. The van der Waals surface area contributed by atoms with Gasteiger partial charge in [0.2, 0.25) is 0 Å². The zero-order valence-electron chi connectivity index (χ0n) is 9.74. The molecule has 2 aliphatic rings. The second-order valence-corrected chi connectivity index (χ2v) is 5.01. The molecular formula is C14H18N2. The summed E-state index contributed by atoms with van der Waals surface area (Å²) < 4.78 is 0. The molecule has 0 unspecified atom stereocenters. The Morgan fingerprint density at radius 1 is 1.38 bits per heavy atom. The van der Waals surface area contributed by atoms with Crippen LogP contribution in [-0.2, 0) is 0 Å². The van der Waals surface area contributed by atoms with Crippen molar-refractivity contribution in [2.24, 2.45) is 11.8 Å². The van der Waals surface area contributed by atoms with Gasteiger partial charge in [-0.25, -0.2) is 0 Å². The second-order valence-electron chi connectivity index (χ2n) is 5.01. The molecule has 1 N–H and O–H groups in total. The van der Waals surface area contributed by atoms with Crippen LogP contribution in [0.3, 0.4) is 0 Å². The minimum atomic E-state index is 0.720. The molecule has 1 aromatic rings. The number of hydrogen-bond acceptors (Lipinski definition) is 2. The van der Waals surface area contributed by atoms with E-state index in [-0.39, 0.29) is 0 Å². The summed E-state index contributed by atoms with van der Waals surface area (Å²) in [5, 5.41) is 3.51. The Kier molecular flexibility index (Phi) is 2.52. The summed E-state index contributed by atoms with van der Waals surface area (Å²) in [4.78, 5) is 4.31. The molecule has 1 saturated heterocycles. The van der Waals surface area contributed by atoms with Crippen LogP contribution in [0.15, 0.2) is 24.5 Å². The van der Waals surface area contributed by atoms with Crippen LogP contribution in [0.4, 0.5) is 0 Å². The molecule has 1 aliphatic carbocycles. The lowest BCUT2D eigenvalue weighted by molar-refractivity contribution is 0.328. The number of fused-ring (bicyclic) bond motifs is 1. The molecule has 2 atom stereocenters. The Balaban J connectivity index is 1.90. The summed E-state index contributed by atoms with van der Waals surface area (Å²) in [5.74, 6) is 1.59. The van der Waals surface area contributed by atoms with Crippen molar-refractivity contribution in [3.8, 4) is 0 Å². The molecular weight excluding hydrogens is 196 g/mol. The number of hydrogen-bond donors (Lipinski definition) is 1. The first-order chi connectivity index (χ1) is 7.84. The zero-order chi connectivity index (χ0) is 11.0. The summed E-state index contributed by atoms with van der Waals surface area (Å²) in [6.07, 6.45) is 8.95. The summed E-state index contributed by atoms with van der Waals surface area (Å²) >= 11 is 0. The zero-order valence-corrected chi connectivity index (χ0v) is 9.74. The van der Waals surface area contributed by atoms with E-state index in [0.29, 0.717) is 0 Å². The first-order valence-electron chi connectivity index (χ1n) is 6.17. The topological polar surface area (TPSA) is 24.9 Å². The average molecular weight is 214 g/mol. The summed E-state index contributed by atoms with van der Waals surface area (Å²) in [6.45, 7) is 4.45. The maximum atomic E-state index is 4.31. The van der Waals surface area contributed by atoms with Gasteiger partial charge in [-0.15, -0.1) is 0 Å². The highest BCUT2D eigenvalue weighted by Crippen LogP contribution is 2.40. The van der Waals surface area contributed by atoms with Gasteiger partial charge in [-0.3, -0.25) is 4.98 Å². The van der Waals surface area contributed by atoms with Gasteiger partial charge in [0.05, 0.1) is 0 Å². The molecule has 0 spiro atoms. The maximum absolute atomic E-state index is 4.31. The highest BCUT2D eigenvalue weighted by Gasteiger charge is 2.32. The SMILES string of the molecule is Cc1cncc(C2=CC[C@H]3CCNC[C@@H]23)c1. The van der Waals surface area contributed by atoms with E-state index in [9.17, 15) is 0 Å². The van der Waals surface area contributed by atoms with E-state index in [4.69, 9.17) is 0 Å². The molecule has 16 heavy (non-hydrogen) atoms. The van der Waals surface area contributed by atoms with E-state index in [2.05, 4.69) is 29.4 Å². The fourth-order valence-electron chi connectivity index (χ4n) is 3.03. The molecule has 0 amide bonds. The van der Waals surface area contributed by atoms with E-state index in [0.717, 1.165) is 18.4 Å². The van der Waals surface area contributed by atoms with Gasteiger partial charge in [-0.2, -0.15) is 0 Å². The number of aromatic nitrogens is 1. The number of rotatable bonds is 1. The Bertz CT molecular complexity index is 422. The van der Waals surface area contributed by atoms with E-state index in [1.54, 1.807) is 0 Å². The minimum Gasteiger partial charge on any atom is -0.316 e. The van der Waals surface area contributed by atoms with Crippen LogP contribution in [0.1, 0.15) is 24.0 Å². The Morgan fingerprint density at radius 2 is 2.31 bits per heavy atom. The standard InChI is InChI=1S/C14H18N2/c1-10-6-12(8-16-7-10)13-3-2-11-4-5-15-9-14(11)13/h3,6-8,11,14-15H,2,4-5,9H2,1H3/t11-,14+/m0/s1. The van der Waals surface area contributed by atoms with E-state index < -0.39 is 0 Å². The Hall–Kier alpha value is -1.15. The van der Waals surface area contributed by atoms with Gasteiger partial charge in [0.15, 0.2) is 0 Å². The van der Waals surface area contributed by atoms with E-state index in [1.807, 2.05) is 12.4 Å². The van der Waals surface area contributed by atoms with Crippen molar-refractivity contribution in [1.82, 2.24) is 10.3 Å². The van der Waals surface area contributed by atoms with Crippen LogP contribution in [0.25, 0.3) is 5.57 Å². The largest absolute Gasteiger partial charge is 0.316 e. The van der Waals surface area contributed by atoms with Crippen molar-refractivity contribution in [2.45, 2.75) is 19.8 Å². The van der Waals surface area contributed by atoms with E-state index >= 15 is 0 Å². The third kappa shape index (κ3) is 1.67. The first-order valence-corrected chi connectivity index (χ1v) is 6.17. The monoisotopic (exact) mass is 214 g/mol. The second kappa shape index (κ2) is 4.02. The Morgan fingerprint density at radius 3 is 3.19 bits per heavy atom. The molecule has 0 aromatic carbocycles. The quantitative estimate of drug-likeness (QED) is 0.776. The molecule has 0 radical (unpaired) electrons. The van der Waals surface area contributed by atoms with Gasteiger partial charge < -0.3 is 5.32 Å².